The zero-order chi connectivity index (χ0) is 35.8. The number of esters is 1. The van der Waals surface area contributed by atoms with Gasteiger partial charge in [0.2, 0.25) is 34.8 Å². The Morgan fingerprint density at radius 2 is 1.15 bits per heavy atom. The van der Waals surface area contributed by atoms with Gasteiger partial charge in [0.25, 0.3) is 16.6 Å². The average Bonchev–Trinajstić information content (AvgIpc) is 2.87. The Hall–Kier alpha value is -3.14. The first-order valence-corrected chi connectivity index (χ1v) is 20.6. The summed E-state index contributed by atoms with van der Waals surface area (Å²) in [5.74, 6) is -14.1. The maximum Gasteiger partial charge on any atom is 0.408 e. The van der Waals surface area contributed by atoms with Crippen molar-refractivity contribution < 1.29 is 49.9 Å². The van der Waals surface area contributed by atoms with Gasteiger partial charge in [-0.2, -0.15) is 8.78 Å². The highest BCUT2D eigenvalue weighted by molar-refractivity contribution is 6.75. The van der Waals surface area contributed by atoms with Crippen LogP contribution in [0.5, 0.6) is 17.2 Å². The van der Waals surface area contributed by atoms with Crippen molar-refractivity contribution in [2.75, 3.05) is 0 Å². The molecule has 0 saturated carbocycles. The smallest absolute Gasteiger partial charge is 0.408 e. The molecule has 0 fully saturated rings. The van der Waals surface area contributed by atoms with Crippen LogP contribution in [0.1, 0.15) is 67.9 Å². The number of carbonyl (C=O) groups excluding carboxylic acids is 2. The summed E-state index contributed by atoms with van der Waals surface area (Å²) < 4.78 is 93.1. The molecule has 1 unspecified atom stereocenters. The van der Waals surface area contributed by atoms with Gasteiger partial charge < -0.3 is 23.6 Å². The molecule has 0 aliphatic heterocycles. The van der Waals surface area contributed by atoms with Gasteiger partial charge in [-0.25, -0.2) is 22.8 Å². The van der Waals surface area contributed by atoms with E-state index in [9.17, 15) is 31.5 Å². The zero-order valence-corrected chi connectivity index (χ0v) is 30.9. The van der Waals surface area contributed by atoms with Crippen molar-refractivity contribution in [2.24, 2.45) is 0 Å². The Bertz CT molecular complexity index is 1430. The third-order valence-corrected chi connectivity index (χ3v) is 16.8. The molecule has 46 heavy (non-hydrogen) atoms. The number of benzene rings is 2. The predicted molar refractivity (Wildman–Crippen MR) is 171 cm³/mol. The second-order valence-electron chi connectivity index (χ2n) is 15.2. The van der Waals surface area contributed by atoms with Crippen LogP contribution in [-0.2, 0) is 16.0 Å². The number of carbonyl (C=O) groups is 2. The highest BCUT2D eigenvalue weighted by atomic mass is 28.4. The van der Waals surface area contributed by atoms with Crippen LogP contribution in [0.2, 0.25) is 36.3 Å². The number of ether oxygens (including phenoxy) is 2. The van der Waals surface area contributed by atoms with E-state index in [1.807, 2.05) is 13.1 Å². The minimum atomic E-state index is -2.45. The summed E-state index contributed by atoms with van der Waals surface area (Å²) in [4.78, 5) is 25.9. The lowest BCUT2D eigenvalue weighted by molar-refractivity contribution is -0.137. The van der Waals surface area contributed by atoms with Crippen LogP contribution in [0.15, 0.2) is 18.2 Å². The first kappa shape index (κ1) is 39.0. The SMILES string of the molecule is CC(C)(C)OC(=O)NC(Cc1ccc(O[Si](C)(C)C(C)(C)C)c(O[Si](C)(C)C(C)(C)C)c1)C(=O)Oc1c(F)c(F)c(F)c(F)c1F. The van der Waals surface area contributed by atoms with Crippen LogP contribution >= 0.6 is 0 Å². The second kappa shape index (κ2) is 13.5. The van der Waals surface area contributed by atoms with Crippen molar-refractivity contribution in [3.8, 4) is 17.2 Å². The van der Waals surface area contributed by atoms with E-state index in [0.29, 0.717) is 17.1 Å². The molecule has 7 nitrogen and oxygen atoms in total. The lowest BCUT2D eigenvalue weighted by Gasteiger charge is -2.39. The van der Waals surface area contributed by atoms with Gasteiger partial charge in [-0.15, -0.1) is 0 Å². The fourth-order valence-electron chi connectivity index (χ4n) is 3.42. The zero-order valence-electron chi connectivity index (χ0n) is 28.9. The standard InChI is InChI=1S/C32H46F5NO6Si2/c1-30(2,3)42-29(40)38-19(28(39)41-27-25(36)23(34)22(33)24(35)26(27)37)16-18-14-15-20(43-45(10,11)31(4,5)6)21(17-18)44-46(12,13)32(7,8)9/h14-15,17,19H,16H2,1-13H3,(H,38,40). The molecule has 14 heteroatoms. The van der Waals surface area contributed by atoms with E-state index in [2.05, 4.69) is 60.0 Å². The normalized spacial score (nSPS) is 13.6. The highest BCUT2D eigenvalue weighted by Crippen LogP contribution is 2.44. The van der Waals surface area contributed by atoms with Crippen molar-refractivity contribution >= 4 is 28.7 Å². The lowest BCUT2D eigenvalue weighted by Crippen LogP contribution is -2.47. The summed E-state index contributed by atoms with van der Waals surface area (Å²) in [5, 5.41) is 1.95. The van der Waals surface area contributed by atoms with Crippen LogP contribution in [0.25, 0.3) is 0 Å². The van der Waals surface area contributed by atoms with E-state index in [1.165, 1.54) is 0 Å². The molecular formula is C32H46F5NO6Si2. The molecule has 2 aromatic rings. The molecule has 0 spiro atoms. The highest BCUT2D eigenvalue weighted by Gasteiger charge is 2.42. The van der Waals surface area contributed by atoms with Gasteiger partial charge in [-0.05, 0) is 74.7 Å². The topological polar surface area (TPSA) is 83.1 Å². The molecule has 258 valence electrons. The fourth-order valence-corrected chi connectivity index (χ4v) is 5.46. The maximum absolute atomic E-state index is 14.4. The fraction of sp³-hybridized carbons (Fsp3) is 0.562. The Labute approximate surface area is 270 Å². The monoisotopic (exact) mass is 691 g/mol. The van der Waals surface area contributed by atoms with E-state index < -0.39 is 75.2 Å². The van der Waals surface area contributed by atoms with Crippen LogP contribution < -0.4 is 18.9 Å². The quantitative estimate of drug-likeness (QED) is 0.0705. The van der Waals surface area contributed by atoms with Gasteiger partial charge in [0.1, 0.15) is 23.1 Å². The van der Waals surface area contributed by atoms with Gasteiger partial charge in [0.15, 0.2) is 0 Å². The summed E-state index contributed by atoms with van der Waals surface area (Å²) in [6, 6.07) is 3.25. The molecule has 0 aliphatic rings. The van der Waals surface area contributed by atoms with Crippen LogP contribution in [0, 0.1) is 29.1 Å². The molecule has 0 saturated heterocycles. The number of hydrogen-bond donors (Lipinski definition) is 1. The van der Waals surface area contributed by atoms with Gasteiger partial charge in [-0.1, -0.05) is 47.6 Å². The average molecular weight is 692 g/mol. The first-order chi connectivity index (χ1) is 20.6. The maximum atomic E-state index is 14.4. The first-order valence-electron chi connectivity index (χ1n) is 14.8. The van der Waals surface area contributed by atoms with Gasteiger partial charge in [0, 0.05) is 6.42 Å². The van der Waals surface area contributed by atoms with Crippen molar-refractivity contribution in [1.82, 2.24) is 5.32 Å². The van der Waals surface area contributed by atoms with Crippen LogP contribution in [0.3, 0.4) is 0 Å². The molecule has 1 atom stereocenters. The molecule has 0 bridgehead atoms. The van der Waals surface area contributed by atoms with Crippen molar-refractivity contribution in [2.45, 2.75) is 117 Å². The summed E-state index contributed by atoms with van der Waals surface area (Å²) >= 11 is 0. The molecule has 2 rings (SSSR count). The Balaban J connectivity index is 2.62. The molecule has 0 radical (unpaired) electrons. The van der Waals surface area contributed by atoms with Crippen molar-refractivity contribution in [1.29, 1.82) is 0 Å². The van der Waals surface area contributed by atoms with E-state index >= 15 is 0 Å². The number of halogens is 5. The van der Waals surface area contributed by atoms with E-state index in [1.54, 1.807) is 39.0 Å². The Kier molecular flexibility index (Phi) is 11.5. The minimum Gasteiger partial charge on any atom is -0.541 e. The summed E-state index contributed by atoms with van der Waals surface area (Å²) in [5.41, 5.74) is -0.584. The third-order valence-electron chi connectivity index (χ3n) is 8.14. The molecule has 0 heterocycles. The number of hydrogen-bond acceptors (Lipinski definition) is 6. The molecule has 1 amide bonds. The van der Waals surface area contributed by atoms with Gasteiger partial charge >= 0.3 is 12.1 Å². The van der Waals surface area contributed by atoms with E-state index in [0.717, 1.165) is 0 Å². The summed E-state index contributed by atoms with van der Waals surface area (Å²) in [7, 11) is -4.80. The largest absolute Gasteiger partial charge is 0.541 e. The van der Waals surface area contributed by atoms with Gasteiger partial charge in [0.05, 0.1) is 0 Å². The third kappa shape index (κ3) is 9.46. The second-order valence-corrected chi connectivity index (χ2v) is 24.7. The van der Waals surface area contributed by atoms with Gasteiger partial charge in [-0.3, -0.25) is 0 Å². The Morgan fingerprint density at radius 3 is 1.59 bits per heavy atom. The molecule has 0 aliphatic carbocycles. The summed E-state index contributed by atoms with van der Waals surface area (Å²) in [6.07, 6.45) is -1.41. The number of rotatable bonds is 9. The van der Waals surface area contributed by atoms with Crippen molar-refractivity contribution in [3.05, 3.63) is 52.8 Å². The molecule has 1 N–H and O–H groups in total. The Morgan fingerprint density at radius 1 is 0.717 bits per heavy atom. The molecular weight excluding hydrogens is 646 g/mol. The van der Waals surface area contributed by atoms with Crippen molar-refractivity contribution in [3.63, 3.8) is 0 Å². The lowest BCUT2D eigenvalue weighted by atomic mass is 10.1. The van der Waals surface area contributed by atoms with Crippen LogP contribution in [0.4, 0.5) is 26.7 Å². The molecule has 2 aromatic carbocycles. The predicted octanol–water partition coefficient (Wildman–Crippen LogP) is 9.19. The van der Waals surface area contributed by atoms with E-state index in [4.69, 9.17) is 18.3 Å². The number of amides is 1. The van der Waals surface area contributed by atoms with Crippen LogP contribution in [-0.4, -0.2) is 40.3 Å². The summed E-state index contributed by atoms with van der Waals surface area (Å²) in [6.45, 7) is 25.4. The van der Waals surface area contributed by atoms with E-state index in [-0.39, 0.29) is 16.5 Å². The number of nitrogens with one attached hydrogen (secondary N) is 1. The number of alkyl carbamates (subject to hydrolysis) is 1. The minimum absolute atomic E-state index is 0.143. The molecule has 0 aromatic heterocycles.